The number of carbonyl (C=O) groups is 1. The third kappa shape index (κ3) is 2.43. The molecular formula is C15H17FN2OS. The highest BCUT2D eigenvalue weighted by Crippen LogP contribution is 2.28. The summed E-state index contributed by atoms with van der Waals surface area (Å²) in [6, 6.07) is 6.48. The van der Waals surface area contributed by atoms with E-state index in [-0.39, 0.29) is 17.8 Å². The van der Waals surface area contributed by atoms with Crippen molar-refractivity contribution in [2.45, 2.75) is 19.4 Å². The number of nitrogens with two attached hydrogens (primary N) is 1. The second-order valence-corrected chi connectivity index (χ2v) is 6.56. The fraction of sp³-hybridized carbons (Fsp3) is 0.400. The molecule has 0 aliphatic carbocycles. The lowest BCUT2D eigenvalue weighted by atomic mass is 9.94. The molecule has 1 amide bonds. The lowest BCUT2D eigenvalue weighted by molar-refractivity contribution is 0.0677. The highest BCUT2D eigenvalue weighted by atomic mass is 32.1. The molecule has 5 heteroatoms. The number of amides is 1. The first-order chi connectivity index (χ1) is 9.54. The van der Waals surface area contributed by atoms with Crippen LogP contribution in [0.15, 0.2) is 24.3 Å². The summed E-state index contributed by atoms with van der Waals surface area (Å²) in [4.78, 5) is 15.0. The molecule has 1 fully saturated rings. The number of benzene rings is 1. The van der Waals surface area contributed by atoms with Crippen molar-refractivity contribution in [2.24, 2.45) is 11.7 Å². The third-order valence-corrected chi connectivity index (χ3v) is 5.08. The molecule has 1 aliphatic heterocycles. The second-order valence-electron chi connectivity index (χ2n) is 5.47. The molecule has 0 radical (unpaired) electrons. The van der Waals surface area contributed by atoms with Crippen molar-refractivity contribution in [3.05, 3.63) is 35.0 Å². The highest BCUT2D eigenvalue weighted by molar-refractivity contribution is 7.20. The second kappa shape index (κ2) is 5.14. The van der Waals surface area contributed by atoms with Gasteiger partial charge in [-0.2, -0.15) is 0 Å². The molecule has 1 saturated heterocycles. The first-order valence-corrected chi connectivity index (χ1v) is 7.60. The Kier molecular flexibility index (Phi) is 3.48. The Morgan fingerprint density at radius 1 is 1.45 bits per heavy atom. The normalized spacial score (nSPS) is 23.2. The Hall–Kier alpha value is -1.46. The van der Waals surface area contributed by atoms with Gasteiger partial charge >= 0.3 is 0 Å². The number of fused-ring (bicyclic) bond motifs is 1. The zero-order valence-electron chi connectivity index (χ0n) is 11.3. The van der Waals surface area contributed by atoms with E-state index in [1.165, 1.54) is 23.5 Å². The van der Waals surface area contributed by atoms with E-state index in [0.29, 0.717) is 17.3 Å². The van der Waals surface area contributed by atoms with Crippen LogP contribution in [0, 0.1) is 11.7 Å². The van der Waals surface area contributed by atoms with Crippen molar-refractivity contribution in [1.82, 2.24) is 4.90 Å². The minimum absolute atomic E-state index is 0.00829. The van der Waals surface area contributed by atoms with Gasteiger partial charge in [-0.15, -0.1) is 11.3 Å². The molecule has 3 rings (SSSR count). The van der Waals surface area contributed by atoms with E-state index in [4.69, 9.17) is 5.73 Å². The number of thiophene rings is 1. The molecule has 0 spiro atoms. The van der Waals surface area contributed by atoms with E-state index in [1.807, 2.05) is 11.0 Å². The summed E-state index contributed by atoms with van der Waals surface area (Å²) in [5, 5.41) is 0.912. The Labute approximate surface area is 121 Å². The first-order valence-electron chi connectivity index (χ1n) is 6.78. The predicted octanol–water partition coefficient (Wildman–Crippen LogP) is 2.85. The van der Waals surface area contributed by atoms with E-state index in [0.717, 1.165) is 23.1 Å². The standard InChI is InChI=1S/C15H17FN2OS/c1-9-4-5-18(8-12(9)17)15(19)14-6-10-2-3-11(16)7-13(10)20-14/h2-3,6-7,9,12H,4-5,8,17H2,1H3. The average Bonchev–Trinajstić information content (AvgIpc) is 2.84. The molecule has 2 N–H and O–H groups in total. The van der Waals surface area contributed by atoms with Crippen LogP contribution < -0.4 is 5.73 Å². The predicted molar refractivity (Wildman–Crippen MR) is 79.4 cm³/mol. The number of piperidine rings is 1. The number of nitrogens with zero attached hydrogens (tertiary/aromatic N) is 1. The quantitative estimate of drug-likeness (QED) is 0.878. The van der Waals surface area contributed by atoms with Gasteiger partial charge in [-0.1, -0.05) is 13.0 Å². The topological polar surface area (TPSA) is 46.3 Å². The van der Waals surface area contributed by atoms with Crippen LogP contribution in [0.3, 0.4) is 0 Å². The molecule has 2 unspecified atom stereocenters. The number of carbonyl (C=O) groups excluding carboxylic acids is 1. The largest absolute Gasteiger partial charge is 0.336 e. The maximum absolute atomic E-state index is 13.2. The molecule has 1 aromatic heterocycles. The van der Waals surface area contributed by atoms with Crippen LogP contribution in [0.25, 0.3) is 10.1 Å². The van der Waals surface area contributed by atoms with Crippen LogP contribution in [-0.4, -0.2) is 29.9 Å². The van der Waals surface area contributed by atoms with Crippen LogP contribution >= 0.6 is 11.3 Å². The van der Waals surface area contributed by atoms with Gasteiger partial charge in [0.1, 0.15) is 5.82 Å². The van der Waals surface area contributed by atoms with Crippen LogP contribution in [0.1, 0.15) is 23.0 Å². The summed E-state index contributed by atoms with van der Waals surface area (Å²) < 4.78 is 14.0. The van der Waals surface area contributed by atoms with Gasteiger partial charge in [0.2, 0.25) is 0 Å². The van der Waals surface area contributed by atoms with Crippen LogP contribution in [0.2, 0.25) is 0 Å². The molecule has 0 bridgehead atoms. The molecule has 3 nitrogen and oxygen atoms in total. The van der Waals surface area contributed by atoms with Crippen molar-refractivity contribution in [3.8, 4) is 0 Å². The van der Waals surface area contributed by atoms with Gasteiger partial charge in [0.25, 0.3) is 5.91 Å². The Bertz CT molecular complexity index is 654. The average molecular weight is 292 g/mol. The van der Waals surface area contributed by atoms with Gasteiger partial charge in [0.15, 0.2) is 0 Å². The number of rotatable bonds is 1. The molecule has 1 aromatic carbocycles. The lowest BCUT2D eigenvalue weighted by Gasteiger charge is -2.34. The molecule has 0 saturated carbocycles. The van der Waals surface area contributed by atoms with Gasteiger partial charge in [0, 0.05) is 23.8 Å². The third-order valence-electron chi connectivity index (χ3n) is 4.00. The Balaban J connectivity index is 1.85. The van der Waals surface area contributed by atoms with E-state index in [1.54, 1.807) is 6.07 Å². The van der Waals surface area contributed by atoms with E-state index in [2.05, 4.69) is 6.92 Å². The van der Waals surface area contributed by atoms with Crippen LogP contribution in [0.5, 0.6) is 0 Å². The van der Waals surface area contributed by atoms with Gasteiger partial charge < -0.3 is 10.6 Å². The molecule has 20 heavy (non-hydrogen) atoms. The van der Waals surface area contributed by atoms with Crippen molar-refractivity contribution >= 4 is 27.3 Å². The van der Waals surface area contributed by atoms with Gasteiger partial charge in [-0.3, -0.25) is 4.79 Å². The molecule has 2 atom stereocenters. The zero-order valence-corrected chi connectivity index (χ0v) is 12.1. The number of hydrogen-bond donors (Lipinski definition) is 1. The Morgan fingerprint density at radius 3 is 3.00 bits per heavy atom. The summed E-state index contributed by atoms with van der Waals surface area (Å²) in [6.07, 6.45) is 0.937. The minimum atomic E-state index is -0.271. The molecular weight excluding hydrogens is 275 g/mol. The number of likely N-dealkylation sites (tertiary alicyclic amines) is 1. The summed E-state index contributed by atoms with van der Waals surface area (Å²) in [7, 11) is 0. The van der Waals surface area contributed by atoms with Gasteiger partial charge in [-0.05, 0) is 35.9 Å². The lowest BCUT2D eigenvalue weighted by Crippen LogP contribution is -2.49. The zero-order chi connectivity index (χ0) is 14.3. The summed E-state index contributed by atoms with van der Waals surface area (Å²) in [5.41, 5.74) is 6.04. The van der Waals surface area contributed by atoms with Crippen LogP contribution in [0.4, 0.5) is 4.39 Å². The Morgan fingerprint density at radius 2 is 2.25 bits per heavy atom. The maximum Gasteiger partial charge on any atom is 0.264 e. The van der Waals surface area contributed by atoms with Crippen molar-refractivity contribution in [3.63, 3.8) is 0 Å². The summed E-state index contributed by atoms with van der Waals surface area (Å²) in [5.74, 6) is 0.191. The van der Waals surface area contributed by atoms with Crippen LogP contribution in [-0.2, 0) is 0 Å². The SMILES string of the molecule is CC1CCN(C(=O)c2cc3ccc(F)cc3s2)CC1N. The first kappa shape index (κ1) is 13.5. The summed E-state index contributed by atoms with van der Waals surface area (Å²) in [6.45, 7) is 3.47. The minimum Gasteiger partial charge on any atom is -0.336 e. The fourth-order valence-electron chi connectivity index (χ4n) is 2.55. The van der Waals surface area contributed by atoms with Gasteiger partial charge in [0.05, 0.1) is 4.88 Å². The van der Waals surface area contributed by atoms with Gasteiger partial charge in [-0.25, -0.2) is 4.39 Å². The van der Waals surface area contributed by atoms with Crippen molar-refractivity contribution < 1.29 is 9.18 Å². The van der Waals surface area contributed by atoms with Crippen molar-refractivity contribution in [1.29, 1.82) is 0 Å². The van der Waals surface area contributed by atoms with Crippen molar-refractivity contribution in [2.75, 3.05) is 13.1 Å². The fourth-order valence-corrected chi connectivity index (χ4v) is 3.61. The van der Waals surface area contributed by atoms with E-state index < -0.39 is 0 Å². The molecule has 1 aliphatic rings. The smallest absolute Gasteiger partial charge is 0.264 e. The highest BCUT2D eigenvalue weighted by Gasteiger charge is 2.27. The summed E-state index contributed by atoms with van der Waals surface area (Å²) >= 11 is 1.34. The molecule has 106 valence electrons. The molecule has 2 heterocycles. The van der Waals surface area contributed by atoms with E-state index in [9.17, 15) is 9.18 Å². The number of hydrogen-bond acceptors (Lipinski definition) is 3. The maximum atomic E-state index is 13.2. The number of halogens is 1. The van der Waals surface area contributed by atoms with E-state index >= 15 is 0 Å². The monoisotopic (exact) mass is 292 g/mol. The molecule has 2 aromatic rings.